The van der Waals surface area contributed by atoms with Gasteiger partial charge in [0, 0.05) is 50.1 Å². The van der Waals surface area contributed by atoms with E-state index in [1.807, 2.05) is 37.3 Å². The molecule has 0 radical (unpaired) electrons. The summed E-state index contributed by atoms with van der Waals surface area (Å²) < 4.78 is 31.0. The van der Waals surface area contributed by atoms with E-state index in [4.69, 9.17) is 4.74 Å². The van der Waals surface area contributed by atoms with Gasteiger partial charge in [0.2, 0.25) is 5.91 Å². The Morgan fingerprint density at radius 3 is 2.22 bits per heavy atom. The van der Waals surface area contributed by atoms with E-state index in [1.165, 1.54) is 6.08 Å². The fraction of sp³-hybridized carbons (Fsp3) is 0.484. The van der Waals surface area contributed by atoms with E-state index in [9.17, 15) is 18.0 Å². The smallest absolute Gasteiger partial charge is 0.318 e. The monoisotopic (exact) mass is 582 g/mol. The first-order valence-corrected chi connectivity index (χ1v) is 16.1. The summed E-state index contributed by atoms with van der Waals surface area (Å²) in [6.07, 6.45) is 4.95. The molecule has 2 aromatic carbocycles. The quantitative estimate of drug-likeness (QED) is 0.421. The molecule has 2 atom stereocenters. The Bertz CT molecular complexity index is 1240. The number of nitrogens with one attached hydrogen (secondary N) is 2. The molecule has 2 aromatic rings. The maximum atomic E-state index is 13.6. The van der Waals surface area contributed by atoms with Crippen molar-refractivity contribution in [2.24, 2.45) is 0 Å². The topological polar surface area (TPSA) is 108 Å². The Balaban J connectivity index is 1.41. The highest BCUT2D eigenvalue weighted by atomic mass is 32.2. The van der Waals surface area contributed by atoms with E-state index in [-0.39, 0.29) is 16.8 Å². The van der Waals surface area contributed by atoms with Gasteiger partial charge in [0.05, 0.1) is 18.1 Å². The van der Waals surface area contributed by atoms with E-state index >= 15 is 0 Å². The molecular formula is C31H42N4O5S. The van der Waals surface area contributed by atoms with Gasteiger partial charge < -0.3 is 20.3 Å². The number of ether oxygens (including phenoxy) is 1. The first-order valence-electron chi connectivity index (χ1n) is 14.6. The molecule has 0 spiro atoms. The number of amides is 3. The van der Waals surface area contributed by atoms with Crippen LogP contribution in [0.2, 0.25) is 0 Å². The molecule has 2 aliphatic rings. The fourth-order valence-corrected chi connectivity index (χ4v) is 6.46. The van der Waals surface area contributed by atoms with Gasteiger partial charge in [-0.1, -0.05) is 68.0 Å². The number of rotatable bonds is 11. The molecule has 41 heavy (non-hydrogen) atoms. The zero-order valence-electron chi connectivity index (χ0n) is 23.8. The van der Waals surface area contributed by atoms with Crippen molar-refractivity contribution in [1.29, 1.82) is 0 Å². The summed E-state index contributed by atoms with van der Waals surface area (Å²) in [5.41, 5.74) is 0.924. The molecule has 0 aromatic heterocycles. The molecule has 3 amide bonds. The normalized spacial score (nSPS) is 18.6. The SMILES string of the molecule is CCCC(/C=C/S(=O)(=O)c1ccccc1)NC(=O)C(Cc1ccccc1)NC(=O)N1CCC(N2CCOCC2)CC1. The Labute approximate surface area is 243 Å². The molecule has 9 nitrogen and oxygen atoms in total. The average molecular weight is 583 g/mol. The summed E-state index contributed by atoms with van der Waals surface area (Å²) >= 11 is 0. The number of benzene rings is 2. The van der Waals surface area contributed by atoms with Crippen LogP contribution in [0, 0.1) is 0 Å². The van der Waals surface area contributed by atoms with Crippen molar-refractivity contribution in [3.05, 3.63) is 77.7 Å². The summed E-state index contributed by atoms with van der Waals surface area (Å²) in [6.45, 7) is 6.60. The van der Waals surface area contributed by atoms with Gasteiger partial charge in [-0.25, -0.2) is 13.2 Å². The predicted molar refractivity (Wildman–Crippen MR) is 159 cm³/mol. The van der Waals surface area contributed by atoms with Gasteiger partial charge >= 0.3 is 6.03 Å². The van der Waals surface area contributed by atoms with Crippen molar-refractivity contribution in [2.75, 3.05) is 39.4 Å². The molecule has 2 fully saturated rings. The molecule has 222 valence electrons. The lowest BCUT2D eigenvalue weighted by Crippen LogP contribution is -2.56. The Kier molecular flexibility index (Phi) is 11.4. The standard InChI is InChI=1S/C31H42N4O5S/c1-2-9-26(16-23-41(38,39)28-12-7-4-8-13-28)32-30(36)29(24-25-10-5-3-6-11-25)33-31(37)35-17-14-27(15-18-35)34-19-21-40-22-20-34/h3-8,10-13,16,23,26-27,29H,2,9,14-15,17-22,24H2,1H3,(H,32,36)(H,33,37)/b23-16+. The van der Waals surface area contributed by atoms with Crippen LogP contribution in [-0.2, 0) is 25.8 Å². The minimum absolute atomic E-state index is 0.199. The summed E-state index contributed by atoms with van der Waals surface area (Å²) in [4.78, 5) is 31.3. The number of piperidine rings is 1. The van der Waals surface area contributed by atoms with Crippen LogP contribution in [0.25, 0.3) is 0 Å². The third kappa shape index (κ3) is 9.14. The molecule has 0 aliphatic carbocycles. The second-order valence-electron chi connectivity index (χ2n) is 10.6. The number of nitrogens with zero attached hydrogens (tertiary/aromatic N) is 2. The van der Waals surface area contributed by atoms with Gasteiger partial charge in [0.15, 0.2) is 9.84 Å². The average Bonchev–Trinajstić information content (AvgIpc) is 3.01. The Hall–Kier alpha value is -3.21. The maximum absolute atomic E-state index is 13.6. The summed E-state index contributed by atoms with van der Waals surface area (Å²) in [5.74, 6) is -0.342. The summed E-state index contributed by atoms with van der Waals surface area (Å²) in [7, 11) is -3.64. The van der Waals surface area contributed by atoms with Gasteiger partial charge in [0.1, 0.15) is 6.04 Å². The molecule has 2 N–H and O–H groups in total. The molecule has 2 unspecified atom stereocenters. The molecule has 2 aliphatic heterocycles. The highest BCUT2D eigenvalue weighted by Crippen LogP contribution is 2.18. The lowest BCUT2D eigenvalue weighted by atomic mass is 10.0. The number of carbonyl (C=O) groups is 2. The zero-order valence-corrected chi connectivity index (χ0v) is 24.6. The summed E-state index contributed by atoms with van der Waals surface area (Å²) in [5, 5.41) is 7.11. The number of carbonyl (C=O) groups excluding carboxylic acids is 2. The number of hydrogen-bond donors (Lipinski definition) is 2. The van der Waals surface area contributed by atoms with Crippen LogP contribution >= 0.6 is 0 Å². The number of hydrogen-bond acceptors (Lipinski definition) is 6. The van der Waals surface area contributed by atoms with Gasteiger partial charge in [-0.2, -0.15) is 0 Å². The van der Waals surface area contributed by atoms with E-state index in [0.29, 0.717) is 32.0 Å². The van der Waals surface area contributed by atoms with Gasteiger partial charge in [-0.15, -0.1) is 0 Å². The van der Waals surface area contributed by atoms with Crippen LogP contribution < -0.4 is 10.6 Å². The molecule has 2 heterocycles. The highest BCUT2D eigenvalue weighted by Gasteiger charge is 2.30. The van der Waals surface area contributed by atoms with Gasteiger partial charge in [0.25, 0.3) is 0 Å². The van der Waals surface area contributed by atoms with E-state index in [1.54, 1.807) is 35.2 Å². The Morgan fingerprint density at radius 2 is 1.59 bits per heavy atom. The molecule has 0 saturated carbocycles. The molecule has 10 heteroatoms. The van der Waals surface area contributed by atoms with Gasteiger partial charge in [-0.3, -0.25) is 9.69 Å². The first-order chi connectivity index (χ1) is 19.9. The van der Waals surface area contributed by atoms with Crippen molar-refractivity contribution < 1.29 is 22.7 Å². The lowest BCUT2D eigenvalue weighted by molar-refractivity contribution is -0.123. The van der Waals surface area contributed by atoms with E-state index in [2.05, 4.69) is 15.5 Å². The van der Waals surface area contributed by atoms with Crippen LogP contribution in [0.4, 0.5) is 4.79 Å². The minimum Gasteiger partial charge on any atom is -0.379 e. The number of urea groups is 1. The van der Waals surface area contributed by atoms with Gasteiger partial charge in [-0.05, 0) is 37.0 Å². The minimum atomic E-state index is -3.64. The van der Waals surface area contributed by atoms with Crippen LogP contribution in [-0.4, -0.2) is 87.7 Å². The zero-order chi connectivity index (χ0) is 29.1. The maximum Gasteiger partial charge on any atom is 0.318 e. The molecule has 2 saturated heterocycles. The largest absolute Gasteiger partial charge is 0.379 e. The van der Waals surface area contributed by atoms with Crippen LogP contribution in [0.3, 0.4) is 0 Å². The van der Waals surface area contributed by atoms with Crippen molar-refractivity contribution >= 4 is 21.8 Å². The third-order valence-corrected chi connectivity index (χ3v) is 9.14. The number of likely N-dealkylation sites (tertiary alicyclic amines) is 1. The second-order valence-corrected chi connectivity index (χ2v) is 12.5. The molecular weight excluding hydrogens is 540 g/mol. The van der Waals surface area contributed by atoms with E-state index in [0.717, 1.165) is 56.5 Å². The molecule has 0 bridgehead atoms. The fourth-order valence-electron chi connectivity index (χ4n) is 5.37. The van der Waals surface area contributed by atoms with Crippen LogP contribution in [0.5, 0.6) is 0 Å². The van der Waals surface area contributed by atoms with Crippen molar-refractivity contribution in [3.8, 4) is 0 Å². The van der Waals surface area contributed by atoms with Crippen molar-refractivity contribution in [3.63, 3.8) is 0 Å². The van der Waals surface area contributed by atoms with Crippen molar-refractivity contribution in [2.45, 2.75) is 62.0 Å². The third-order valence-electron chi connectivity index (χ3n) is 7.70. The van der Waals surface area contributed by atoms with E-state index < -0.39 is 21.9 Å². The molecule has 4 rings (SSSR count). The predicted octanol–water partition coefficient (Wildman–Crippen LogP) is 3.38. The lowest BCUT2D eigenvalue weighted by Gasteiger charge is -2.40. The Morgan fingerprint density at radius 1 is 0.951 bits per heavy atom. The van der Waals surface area contributed by atoms with Crippen LogP contribution in [0.1, 0.15) is 38.2 Å². The number of morpholine rings is 1. The first kappa shape index (κ1) is 30.7. The number of sulfone groups is 1. The van der Waals surface area contributed by atoms with Crippen molar-refractivity contribution in [1.82, 2.24) is 20.4 Å². The highest BCUT2D eigenvalue weighted by molar-refractivity contribution is 7.94. The second kappa shape index (κ2) is 15.1. The van der Waals surface area contributed by atoms with Crippen LogP contribution in [0.15, 0.2) is 77.0 Å². The summed E-state index contributed by atoms with van der Waals surface area (Å²) in [6, 6.07) is 16.7.